The van der Waals surface area contributed by atoms with Crippen molar-refractivity contribution in [1.29, 1.82) is 0 Å². The summed E-state index contributed by atoms with van der Waals surface area (Å²) >= 11 is 0. The fourth-order valence-corrected chi connectivity index (χ4v) is 3.41. The summed E-state index contributed by atoms with van der Waals surface area (Å²) in [5.41, 5.74) is 3.34. The van der Waals surface area contributed by atoms with E-state index < -0.39 is 0 Å². The molecular weight excluding hydrogens is 296 g/mol. The molecule has 124 valence electrons. The smallest absolute Gasteiger partial charge is 0.194 e. The SMILES string of the molecule is CCCCCCCCc1ccc2c(c1)C(=O)c1ccccc1C2=O. The number of unbranched alkanes of at least 4 members (excludes halogenated alkanes) is 5. The molecule has 0 amide bonds. The molecule has 2 heteroatoms. The third-order valence-corrected chi connectivity index (χ3v) is 4.81. The van der Waals surface area contributed by atoms with E-state index in [2.05, 4.69) is 6.92 Å². The zero-order valence-electron chi connectivity index (χ0n) is 14.3. The third kappa shape index (κ3) is 3.33. The van der Waals surface area contributed by atoms with Crippen LogP contribution in [0.5, 0.6) is 0 Å². The van der Waals surface area contributed by atoms with Crippen molar-refractivity contribution in [2.45, 2.75) is 51.9 Å². The predicted molar refractivity (Wildman–Crippen MR) is 96.8 cm³/mol. The highest BCUT2D eigenvalue weighted by atomic mass is 16.1. The van der Waals surface area contributed by atoms with Gasteiger partial charge in [-0.15, -0.1) is 0 Å². The number of rotatable bonds is 7. The number of hydrogen-bond acceptors (Lipinski definition) is 2. The topological polar surface area (TPSA) is 34.1 Å². The molecule has 2 nitrogen and oxygen atoms in total. The average molecular weight is 320 g/mol. The van der Waals surface area contributed by atoms with Crippen molar-refractivity contribution in [3.63, 3.8) is 0 Å². The van der Waals surface area contributed by atoms with Gasteiger partial charge >= 0.3 is 0 Å². The zero-order valence-corrected chi connectivity index (χ0v) is 14.3. The van der Waals surface area contributed by atoms with Crippen molar-refractivity contribution >= 4 is 11.6 Å². The van der Waals surface area contributed by atoms with Gasteiger partial charge in [-0.05, 0) is 24.5 Å². The lowest BCUT2D eigenvalue weighted by Gasteiger charge is -2.18. The summed E-state index contributed by atoms with van der Waals surface area (Å²) < 4.78 is 0. The third-order valence-electron chi connectivity index (χ3n) is 4.81. The minimum absolute atomic E-state index is 0.0232. The van der Waals surface area contributed by atoms with Gasteiger partial charge < -0.3 is 0 Å². The Kier molecular flexibility index (Phi) is 5.24. The Labute approximate surface area is 143 Å². The van der Waals surface area contributed by atoms with E-state index in [-0.39, 0.29) is 11.6 Å². The fraction of sp³-hybridized carbons (Fsp3) is 0.364. The maximum atomic E-state index is 12.7. The van der Waals surface area contributed by atoms with Crippen LogP contribution in [0.25, 0.3) is 0 Å². The standard InChI is InChI=1S/C22H24O2/c1-2-3-4-5-6-7-10-16-13-14-19-20(15-16)22(24)18-12-9-8-11-17(18)21(19)23/h8-9,11-15H,2-7,10H2,1H3. The highest BCUT2D eigenvalue weighted by Gasteiger charge is 2.29. The van der Waals surface area contributed by atoms with Gasteiger partial charge in [0.05, 0.1) is 0 Å². The Morgan fingerprint density at radius 2 is 1.25 bits per heavy atom. The molecule has 0 radical (unpaired) electrons. The second-order valence-electron chi connectivity index (χ2n) is 6.60. The highest BCUT2D eigenvalue weighted by Crippen LogP contribution is 2.28. The molecule has 2 aromatic rings. The van der Waals surface area contributed by atoms with Gasteiger partial charge in [-0.1, -0.05) is 75.4 Å². The zero-order chi connectivity index (χ0) is 16.9. The molecule has 1 aliphatic carbocycles. The maximum absolute atomic E-state index is 12.7. The van der Waals surface area contributed by atoms with Crippen molar-refractivity contribution in [2.75, 3.05) is 0 Å². The van der Waals surface area contributed by atoms with Crippen LogP contribution in [0, 0.1) is 0 Å². The molecule has 0 fully saturated rings. The van der Waals surface area contributed by atoms with Gasteiger partial charge in [0.2, 0.25) is 0 Å². The number of carbonyl (C=O) groups excluding carboxylic acids is 2. The minimum atomic E-state index is -0.0358. The first kappa shape index (κ1) is 16.6. The van der Waals surface area contributed by atoms with Crippen LogP contribution >= 0.6 is 0 Å². The molecular formula is C22H24O2. The van der Waals surface area contributed by atoms with E-state index >= 15 is 0 Å². The van der Waals surface area contributed by atoms with Crippen molar-refractivity contribution in [3.8, 4) is 0 Å². The molecule has 0 heterocycles. The van der Waals surface area contributed by atoms with Crippen LogP contribution in [-0.2, 0) is 6.42 Å². The summed E-state index contributed by atoms with van der Waals surface area (Å²) in [6, 6.07) is 12.9. The lowest BCUT2D eigenvalue weighted by molar-refractivity contribution is 0.0979. The fourth-order valence-electron chi connectivity index (χ4n) is 3.41. The largest absolute Gasteiger partial charge is 0.289 e. The van der Waals surface area contributed by atoms with E-state index in [0.717, 1.165) is 18.4 Å². The van der Waals surface area contributed by atoms with E-state index in [4.69, 9.17) is 0 Å². The number of ketones is 2. The lowest BCUT2D eigenvalue weighted by Crippen LogP contribution is -2.20. The van der Waals surface area contributed by atoms with Gasteiger partial charge in [0.25, 0.3) is 0 Å². The molecule has 1 aliphatic rings. The molecule has 0 atom stereocenters. The lowest BCUT2D eigenvalue weighted by atomic mass is 9.83. The van der Waals surface area contributed by atoms with Crippen LogP contribution in [0.4, 0.5) is 0 Å². The maximum Gasteiger partial charge on any atom is 0.194 e. The van der Waals surface area contributed by atoms with E-state index in [1.54, 1.807) is 12.1 Å². The predicted octanol–water partition coefficient (Wildman–Crippen LogP) is 5.37. The molecule has 24 heavy (non-hydrogen) atoms. The molecule has 0 saturated heterocycles. The summed E-state index contributed by atoms with van der Waals surface area (Å²) in [4.78, 5) is 25.3. The van der Waals surface area contributed by atoms with Gasteiger partial charge in [0.15, 0.2) is 11.6 Å². The molecule has 0 bridgehead atoms. The van der Waals surface area contributed by atoms with Crippen LogP contribution in [-0.4, -0.2) is 11.6 Å². The van der Waals surface area contributed by atoms with E-state index in [9.17, 15) is 9.59 Å². The molecule has 2 aromatic carbocycles. The molecule has 0 aromatic heterocycles. The average Bonchev–Trinajstić information content (AvgIpc) is 2.62. The van der Waals surface area contributed by atoms with Gasteiger partial charge in [-0.3, -0.25) is 9.59 Å². The van der Waals surface area contributed by atoms with E-state index in [1.165, 1.54) is 32.1 Å². The molecule has 0 N–H and O–H groups in total. The van der Waals surface area contributed by atoms with Crippen molar-refractivity contribution in [3.05, 3.63) is 70.3 Å². The Hall–Kier alpha value is -2.22. The van der Waals surface area contributed by atoms with Crippen LogP contribution in [0.1, 0.15) is 82.9 Å². The number of fused-ring (bicyclic) bond motifs is 2. The van der Waals surface area contributed by atoms with Crippen LogP contribution in [0.3, 0.4) is 0 Å². The summed E-state index contributed by atoms with van der Waals surface area (Å²) in [6.45, 7) is 2.23. The summed E-state index contributed by atoms with van der Waals surface area (Å²) in [5.74, 6) is -0.0590. The van der Waals surface area contributed by atoms with E-state index in [0.29, 0.717) is 22.3 Å². The molecule has 3 rings (SSSR count). The Morgan fingerprint density at radius 1 is 0.667 bits per heavy atom. The first-order chi connectivity index (χ1) is 11.7. The van der Waals surface area contributed by atoms with Crippen molar-refractivity contribution in [2.24, 2.45) is 0 Å². The second kappa shape index (κ2) is 7.57. The molecule has 0 aliphatic heterocycles. The molecule has 0 saturated carbocycles. The van der Waals surface area contributed by atoms with Gasteiger partial charge in [-0.25, -0.2) is 0 Å². The van der Waals surface area contributed by atoms with E-state index in [1.807, 2.05) is 30.3 Å². The minimum Gasteiger partial charge on any atom is -0.289 e. The van der Waals surface area contributed by atoms with Gasteiger partial charge in [0.1, 0.15) is 0 Å². The normalized spacial score (nSPS) is 12.9. The monoisotopic (exact) mass is 320 g/mol. The van der Waals surface area contributed by atoms with Crippen LogP contribution in [0.15, 0.2) is 42.5 Å². The second-order valence-corrected chi connectivity index (χ2v) is 6.60. The van der Waals surface area contributed by atoms with Gasteiger partial charge in [0, 0.05) is 22.3 Å². The Bertz CT molecular complexity index is 758. The first-order valence-corrected chi connectivity index (χ1v) is 9.03. The number of hydrogen-bond donors (Lipinski definition) is 0. The highest BCUT2D eigenvalue weighted by molar-refractivity contribution is 6.28. The van der Waals surface area contributed by atoms with Crippen molar-refractivity contribution in [1.82, 2.24) is 0 Å². The molecule has 0 unspecified atom stereocenters. The summed E-state index contributed by atoms with van der Waals surface area (Å²) in [6.07, 6.45) is 8.52. The number of benzene rings is 2. The summed E-state index contributed by atoms with van der Waals surface area (Å²) in [7, 11) is 0. The number of aryl methyl sites for hydroxylation is 1. The number of carbonyl (C=O) groups is 2. The van der Waals surface area contributed by atoms with Crippen molar-refractivity contribution < 1.29 is 9.59 Å². The first-order valence-electron chi connectivity index (χ1n) is 9.03. The van der Waals surface area contributed by atoms with Crippen LogP contribution < -0.4 is 0 Å². The Balaban J connectivity index is 1.72. The Morgan fingerprint density at radius 3 is 1.96 bits per heavy atom. The quantitative estimate of drug-likeness (QED) is 0.549. The molecule has 0 spiro atoms. The van der Waals surface area contributed by atoms with Crippen LogP contribution in [0.2, 0.25) is 0 Å². The summed E-state index contributed by atoms with van der Waals surface area (Å²) in [5, 5.41) is 0. The van der Waals surface area contributed by atoms with Gasteiger partial charge in [-0.2, -0.15) is 0 Å².